The second-order valence-corrected chi connectivity index (χ2v) is 5.17. The van der Waals surface area contributed by atoms with E-state index in [4.69, 9.17) is 13.7 Å². The fraction of sp³-hybridized carbons (Fsp3) is 0.273. The SMILES string of the molecule is C=CC(OS(C)(=O)=O)c1ccc2c(c1)OCO2. The van der Waals surface area contributed by atoms with E-state index in [1.165, 1.54) is 6.08 Å². The van der Waals surface area contributed by atoms with Crippen LogP contribution in [0.3, 0.4) is 0 Å². The lowest BCUT2D eigenvalue weighted by Gasteiger charge is -2.12. The minimum atomic E-state index is -3.54. The van der Waals surface area contributed by atoms with Crippen LogP contribution >= 0.6 is 0 Å². The predicted molar refractivity (Wildman–Crippen MR) is 61.4 cm³/mol. The Morgan fingerprint density at radius 1 is 1.41 bits per heavy atom. The zero-order valence-electron chi connectivity index (χ0n) is 9.25. The molecule has 0 radical (unpaired) electrons. The van der Waals surface area contributed by atoms with Gasteiger partial charge < -0.3 is 9.47 Å². The van der Waals surface area contributed by atoms with Crippen molar-refractivity contribution in [2.75, 3.05) is 13.0 Å². The van der Waals surface area contributed by atoms with E-state index in [0.29, 0.717) is 17.1 Å². The molecule has 0 spiro atoms. The fourth-order valence-corrected chi connectivity index (χ4v) is 2.08. The molecule has 1 atom stereocenters. The van der Waals surface area contributed by atoms with E-state index in [0.717, 1.165) is 6.26 Å². The van der Waals surface area contributed by atoms with Crippen LogP contribution in [-0.4, -0.2) is 21.5 Å². The number of hydrogen-bond donors (Lipinski definition) is 0. The number of hydrogen-bond acceptors (Lipinski definition) is 5. The maximum Gasteiger partial charge on any atom is 0.265 e. The summed E-state index contributed by atoms with van der Waals surface area (Å²) in [5.74, 6) is 1.21. The Bertz CT molecular complexity index is 535. The Kier molecular flexibility index (Phi) is 3.08. The van der Waals surface area contributed by atoms with Crippen molar-refractivity contribution in [3.05, 3.63) is 36.4 Å². The van der Waals surface area contributed by atoms with Crippen LogP contribution in [-0.2, 0) is 14.3 Å². The lowest BCUT2D eigenvalue weighted by Crippen LogP contribution is -2.08. The van der Waals surface area contributed by atoms with Gasteiger partial charge in [-0.05, 0) is 17.7 Å². The molecule has 0 aliphatic carbocycles. The van der Waals surface area contributed by atoms with Crippen LogP contribution in [0.25, 0.3) is 0 Å². The molecule has 0 bridgehead atoms. The van der Waals surface area contributed by atoms with Gasteiger partial charge in [0, 0.05) is 0 Å². The van der Waals surface area contributed by atoms with Gasteiger partial charge in [0.15, 0.2) is 11.5 Å². The molecule has 1 aromatic carbocycles. The Balaban J connectivity index is 2.29. The predicted octanol–water partition coefficient (Wildman–Crippen LogP) is 1.62. The lowest BCUT2D eigenvalue weighted by atomic mass is 10.1. The van der Waals surface area contributed by atoms with Crippen molar-refractivity contribution in [2.24, 2.45) is 0 Å². The van der Waals surface area contributed by atoms with Gasteiger partial charge in [-0.1, -0.05) is 12.1 Å². The molecule has 17 heavy (non-hydrogen) atoms. The number of rotatable bonds is 4. The molecule has 0 amide bonds. The van der Waals surface area contributed by atoms with E-state index < -0.39 is 16.2 Å². The molecular weight excluding hydrogens is 244 g/mol. The molecule has 0 aromatic heterocycles. The summed E-state index contributed by atoms with van der Waals surface area (Å²) in [6.45, 7) is 3.72. The lowest BCUT2D eigenvalue weighted by molar-refractivity contribution is 0.173. The van der Waals surface area contributed by atoms with Gasteiger partial charge in [0.25, 0.3) is 10.1 Å². The highest BCUT2D eigenvalue weighted by Gasteiger charge is 2.19. The number of fused-ring (bicyclic) bond motifs is 1. The smallest absolute Gasteiger partial charge is 0.265 e. The van der Waals surface area contributed by atoms with Crippen LogP contribution in [0.2, 0.25) is 0 Å². The first-order chi connectivity index (χ1) is 7.99. The van der Waals surface area contributed by atoms with Crippen LogP contribution in [0.15, 0.2) is 30.9 Å². The first-order valence-electron chi connectivity index (χ1n) is 4.90. The molecule has 1 aromatic rings. The van der Waals surface area contributed by atoms with E-state index >= 15 is 0 Å². The fourth-order valence-electron chi connectivity index (χ4n) is 1.51. The number of ether oxygens (including phenoxy) is 2. The zero-order valence-corrected chi connectivity index (χ0v) is 10.1. The van der Waals surface area contributed by atoms with Crippen LogP contribution in [0.5, 0.6) is 11.5 Å². The molecule has 0 fully saturated rings. The largest absolute Gasteiger partial charge is 0.454 e. The summed E-state index contributed by atoms with van der Waals surface area (Å²) in [5, 5.41) is 0. The normalized spacial score (nSPS) is 15.6. The highest BCUT2D eigenvalue weighted by atomic mass is 32.2. The molecule has 0 saturated heterocycles. The molecule has 0 N–H and O–H groups in total. The molecule has 6 heteroatoms. The van der Waals surface area contributed by atoms with Crippen molar-refractivity contribution in [3.63, 3.8) is 0 Å². The average molecular weight is 256 g/mol. The van der Waals surface area contributed by atoms with Crippen LogP contribution in [0.4, 0.5) is 0 Å². The first-order valence-corrected chi connectivity index (χ1v) is 6.71. The Hall–Kier alpha value is -1.53. The van der Waals surface area contributed by atoms with Gasteiger partial charge in [0.2, 0.25) is 6.79 Å². The summed E-state index contributed by atoms with van der Waals surface area (Å²) in [7, 11) is -3.54. The molecule has 1 unspecified atom stereocenters. The molecule has 1 aliphatic heterocycles. The minimum absolute atomic E-state index is 0.171. The second kappa shape index (κ2) is 4.38. The molecule has 0 saturated carbocycles. The quantitative estimate of drug-likeness (QED) is 0.605. The molecule has 1 aliphatic rings. The van der Waals surface area contributed by atoms with Crippen LogP contribution in [0.1, 0.15) is 11.7 Å². The summed E-state index contributed by atoms with van der Waals surface area (Å²) >= 11 is 0. The molecule has 2 rings (SSSR count). The Morgan fingerprint density at radius 2 is 2.12 bits per heavy atom. The van der Waals surface area contributed by atoms with Gasteiger partial charge in [0.05, 0.1) is 6.26 Å². The van der Waals surface area contributed by atoms with Crippen LogP contribution in [0, 0.1) is 0 Å². The maximum atomic E-state index is 11.1. The molecular formula is C11H12O5S. The van der Waals surface area contributed by atoms with Crippen molar-refractivity contribution < 1.29 is 22.1 Å². The summed E-state index contributed by atoms with van der Waals surface area (Å²) < 4.78 is 37.4. The highest BCUT2D eigenvalue weighted by Crippen LogP contribution is 2.35. The summed E-state index contributed by atoms with van der Waals surface area (Å²) in [4.78, 5) is 0. The van der Waals surface area contributed by atoms with E-state index in [-0.39, 0.29) is 6.79 Å². The van der Waals surface area contributed by atoms with Gasteiger partial charge in [0.1, 0.15) is 6.10 Å². The highest BCUT2D eigenvalue weighted by molar-refractivity contribution is 7.86. The van der Waals surface area contributed by atoms with Crippen molar-refractivity contribution in [1.29, 1.82) is 0 Å². The van der Waals surface area contributed by atoms with Crippen molar-refractivity contribution in [2.45, 2.75) is 6.10 Å². The standard InChI is InChI=1S/C11H12O5S/c1-3-9(16-17(2,12)13)8-4-5-10-11(6-8)15-7-14-10/h3-6,9H,1,7H2,2H3. The summed E-state index contributed by atoms with van der Waals surface area (Å²) in [6.07, 6.45) is 1.69. The van der Waals surface area contributed by atoms with Crippen molar-refractivity contribution in [1.82, 2.24) is 0 Å². The molecule has 92 valence electrons. The summed E-state index contributed by atoms with van der Waals surface area (Å²) in [5.41, 5.74) is 0.648. The van der Waals surface area contributed by atoms with Gasteiger partial charge >= 0.3 is 0 Å². The Labute approximate surface area is 99.7 Å². The monoisotopic (exact) mass is 256 g/mol. The minimum Gasteiger partial charge on any atom is -0.454 e. The zero-order chi connectivity index (χ0) is 12.5. The van der Waals surface area contributed by atoms with E-state index in [1.54, 1.807) is 18.2 Å². The third-order valence-electron chi connectivity index (χ3n) is 2.22. The molecule has 1 heterocycles. The van der Waals surface area contributed by atoms with Gasteiger partial charge in [-0.15, -0.1) is 6.58 Å². The third kappa shape index (κ3) is 2.78. The molecule has 5 nitrogen and oxygen atoms in total. The van der Waals surface area contributed by atoms with Crippen molar-refractivity contribution >= 4 is 10.1 Å². The van der Waals surface area contributed by atoms with Crippen molar-refractivity contribution in [3.8, 4) is 11.5 Å². The van der Waals surface area contributed by atoms with E-state index in [1.807, 2.05) is 0 Å². The maximum absolute atomic E-state index is 11.1. The topological polar surface area (TPSA) is 61.8 Å². The van der Waals surface area contributed by atoms with Gasteiger partial charge in [-0.2, -0.15) is 8.42 Å². The first kappa shape index (κ1) is 11.9. The second-order valence-electron chi connectivity index (χ2n) is 3.57. The Morgan fingerprint density at radius 3 is 2.76 bits per heavy atom. The average Bonchev–Trinajstić information content (AvgIpc) is 2.71. The third-order valence-corrected chi connectivity index (χ3v) is 2.77. The number of benzene rings is 1. The van der Waals surface area contributed by atoms with Crippen LogP contribution < -0.4 is 9.47 Å². The van der Waals surface area contributed by atoms with E-state index in [9.17, 15) is 8.42 Å². The van der Waals surface area contributed by atoms with E-state index in [2.05, 4.69) is 6.58 Å². The summed E-state index contributed by atoms with van der Waals surface area (Å²) in [6, 6.07) is 5.10. The van der Waals surface area contributed by atoms with Gasteiger partial charge in [-0.25, -0.2) is 0 Å². The van der Waals surface area contributed by atoms with Gasteiger partial charge in [-0.3, -0.25) is 4.18 Å².